The van der Waals surface area contributed by atoms with Crippen molar-refractivity contribution in [3.05, 3.63) is 59.2 Å². The molecule has 1 saturated heterocycles. The largest absolute Gasteiger partial charge is 0.480 e. The Balaban J connectivity index is 0.000000343. The van der Waals surface area contributed by atoms with E-state index in [2.05, 4.69) is 23.5 Å². The molecule has 1 atom stereocenters. The van der Waals surface area contributed by atoms with Crippen LogP contribution in [0.25, 0.3) is 11.1 Å². The Kier molecular flexibility index (Phi) is 8.01. The van der Waals surface area contributed by atoms with E-state index >= 15 is 0 Å². The number of carbonyl (C=O) groups is 4. The zero-order chi connectivity index (χ0) is 24.8. The molecule has 0 spiro atoms. The average Bonchev–Trinajstić information content (AvgIpc) is 3.32. The minimum absolute atomic E-state index is 0.122. The molecule has 2 aliphatic rings. The van der Waals surface area contributed by atoms with Crippen LogP contribution < -0.4 is 5.32 Å². The molecular weight excluding hydrogens is 440 g/mol. The molecule has 180 valence electrons. The Morgan fingerprint density at radius 2 is 1.68 bits per heavy atom. The van der Waals surface area contributed by atoms with Gasteiger partial charge in [0.25, 0.3) is 11.8 Å². The summed E-state index contributed by atoms with van der Waals surface area (Å²) in [4.78, 5) is 43.8. The molecule has 1 aliphatic carbocycles. The first-order valence-corrected chi connectivity index (χ1v) is 11.1. The van der Waals surface area contributed by atoms with Gasteiger partial charge in [-0.25, -0.2) is 9.59 Å². The molecule has 34 heavy (non-hydrogen) atoms. The Hall–Kier alpha value is -3.72. The number of alkyl carbamates (subject to hydrolysis) is 1. The van der Waals surface area contributed by atoms with E-state index in [0.29, 0.717) is 6.42 Å². The van der Waals surface area contributed by atoms with E-state index in [4.69, 9.17) is 9.94 Å². The van der Waals surface area contributed by atoms with Crippen molar-refractivity contribution in [1.29, 1.82) is 0 Å². The molecule has 1 heterocycles. The third kappa shape index (κ3) is 5.99. The molecule has 1 aliphatic heterocycles. The second-order valence-electron chi connectivity index (χ2n) is 8.62. The van der Waals surface area contributed by atoms with E-state index in [-0.39, 0.29) is 30.4 Å². The van der Waals surface area contributed by atoms with Crippen LogP contribution in [0.15, 0.2) is 42.5 Å². The van der Waals surface area contributed by atoms with E-state index < -0.39 is 29.9 Å². The van der Waals surface area contributed by atoms with Crippen molar-refractivity contribution in [3.63, 3.8) is 0 Å². The third-order valence-electron chi connectivity index (χ3n) is 5.63. The first-order chi connectivity index (χ1) is 16.2. The van der Waals surface area contributed by atoms with E-state index in [1.54, 1.807) is 0 Å². The van der Waals surface area contributed by atoms with Crippen LogP contribution in [0.4, 0.5) is 4.79 Å². The maximum absolute atomic E-state index is 12.0. The Labute approximate surface area is 197 Å². The van der Waals surface area contributed by atoms with Gasteiger partial charge >= 0.3 is 12.1 Å². The number of benzene rings is 2. The van der Waals surface area contributed by atoms with Gasteiger partial charge in [0.1, 0.15) is 12.6 Å². The lowest BCUT2D eigenvalue weighted by Gasteiger charge is -2.17. The van der Waals surface area contributed by atoms with Crippen LogP contribution in [0.1, 0.15) is 49.8 Å². The van der Waals surface area contributed by atoms with Gasteiger partial charge in [-0.1, -0.05) is 56.3 Å². The molecule has 1 fully saturated rings. The number of amides is 3. The summed E-state index contributed by atoms with van der Waals surface area (Å²) in [5.41, 5.74) is 5.77. The summed E-state index contributed by atoms with van der Waals surface area (Å²) < 4.78 is 5.30. The van der Waals surface area contributed by atoms with E-state index in [9.17, 15) is 24.3 Å². The molecule has 9 nitrogen and oxygen atoms in total. The van der Waals surface area contributed by atoms with Gasteiger partial charge in [-0.2, -0.15) is 5.06 Å². The lowest BCUT2D eigenvalue weighted by atomic mass is 10.0. The first-order valence-electron chi connectivity index (χ1n) is 11.1. The highest BCUT2D eigenvalue weighted by molar-refractivity contribution is 6.00. The van der Waals surface area contributed by atoms with Gasteiger partial charge in [-0.3, -0.25) is 14.8 Å². The first kappa shape index (κ1) is 24.9. The molecule has 0 unspecified atom stereocenters. The van der Waals surface area contributed by atoms with E-state index in [1.807, 2.05) is 38.1 Å². The topological polar surface area (TPSA) is 133 Å². The zero-order valence-electron chi connectivity index (χ0n) is 19.1. The lowest BCUT2D eigenvalue weighted by Crippen LogP contribution is -2.41. The van der Waals surface area contributed by atoms with Gasteiger partial charge in [-0.15, -0.1) is 0 Å². The fraction of sp³-hybridized carbons (Fsp3) is 0.360. The molecular formula is C25H28N2O7. The summed E-state index contributed by atoms with van der Waals surface area (Å²) in [7, 11) is 0. The Morgan fingerprint density at radius 1 is 1.03 bits per heavy atom. The van der Waals surface area contributed by atoms with Gasteiger partial charge in [0.05, 0.1) is 0 Å². The maximum atomic E-state index is 12.0. The maximum Gasteiger partial charge on any atom is 0.408 e. The molecule has 0 saturated carbocycles. The standard InChI is InChI=1S/C21H23NO4.C4H5NO3/c1-13(2)10-19(20(23)24)22-21(25)26-12-15-7-5-9-17-16-8-4-3-6-14(16)11-18(15)17;6-3-1-2-4(7)5(3)8/h3-9,13,19H,10-12H2,1-2H3,(H,22,25)(H,23,24);8H,1-2H2/t19-;/m0./s1. The molecule has 3 amide bonds. The fourth-order valence-corrected chi connectivity index (χ4v) is 3.94. The quantitative estimate of drug-likeness (QED) is 0.372. The highest BCUT2D eigenvalue weighted by atomic mass is 16.5. The van der Waals surface area contributed by atoms with Crippen molar-refractivity contribution in [2.75, 3.05) is 0 Å². The second kappa shape index (κ2) is 10.9. The van der Waals surface area contributed by atoms with Gasteiger partial charge in [0.2, 0.25) is 0 Å². The van der Waals surface area contributed by atoms with Gasteiger partial charge < -0.3 is 15.2 Å². The molecule has 4 rings (SSSR count). The minimum atomic E-state index is -1.05. The molecule has 0 aromatic heterocycles. The van der Waals surface area contributed by atoms with Crippen molar-refractivity contribution < 1.29 is 34.2 Å². The predicted octanol–water partition coefficient (Wildman–Crippen LogP) is 3.51. The second-order valence-corrected chi connectivity index (χ2v) is 8.62. The highest BCUT2D eigenvalue weighted by Crippen LogP contribution is 2.38. The van der Waals surface area contributed by atoms with Crippen LogP contribution in [0.5, 0.6) is 0 Å². The number of hydroxylamine groups is 2. The van der Waals surface area contributed by atoms with Crippen LogP contribution in [0.3, 0.4) is 0 Å². The molecule has 3 N–H and O–H groups in total. The number of imide groups is 1. The number of aliphatic carboxylic acids is 1. The third-order valence-corrected chi connectivity index (χ3v) is 5.63. The molecule has 0 radical (unpaired) electrons. The van der Waals surface area contributed by atoms with E-state index in [0.717, 1.165) is 12.0 Å². The number of hydrogen-bond acceptors (Lipinski definition) is 6. The van der Waals surface area contributed by atoms with Crippen LogP contribution in [0.2, 0.25) is 0 Å². The summed E-state index contributed by atoms with van der Waals surface area (Å²) in [6.45, 7) is 3.94. The normalized spacial score (nSPS) is 14.8. The van der Waals surface area contributed by atoms with Crippen LogP contribution >= 0.6 is 0 Å². The smallest absolute Gasteiger partial charge is 0.408 e. The molecule has 9 heteroatoms. The number of carboxylic acids is 1. The molecule has 2 aromatic rings. The zero-order valence-corrected chi connectivity index (χ0v) is 19.1. The van der Waals surface area contributed by atoms with Crippen molar-refractivity contribution in [3.8, 4) is 11.1 Å². The number of carboxylic acid groups (broad SMARTS) is 1. The van der Waals surface area contributed by atoms with Gasteiger partial charge in [0, 0.05) is 12.8 Å². The summed E-state index contributed by atoms with van der Waals surface area (Å²) in [6, 6.07) is 13.3. The number of fused-ring (bicyclic) bond motifs is 3. The fourth-order valence-electron chi connectivity index (χ4n) is 3.94. The summed E-state index contributed by atoms with van der Waals surface area (Å²) >= 11 is 0. The summed E-state index contributed by atoms with van der Waals surface area (Å²) in [5.74, 6) is -1.90. The van der Waals surface area contributed by atoms with Crippen molar-refractivity contribution >= 4 is 23.9 Å². The predicted molar refractivity (Wildman–Crippen MR) is 122 cm³/mol. The van der Waals surface area contributed by atoms with Crippen molar-refractivity contribution in [2.45, 2.75) is 52.2 Å². The minimum Gasteiger partial charge on any atom is -0.480 e. The number of carbonyl (C=O) groups excluding carboxylic acids is 3. The number of nitrogens with one attached hydrogen (secondary N) is 1. The Morgan fingerprint density at radius 3 is 2.26 bits per heavy atom. The van der Waals surface area contributed by atoms with E-state index in [1.165, 1.54) is 22.3 Å². The average molecular weight is 469 g/mol. The van der Waals surface area contributed by atoms with Crippen LogP contribution in [-0.4, -0.2) is 45.3 Å². The van der Waals surface area contributed by atoms with Crippen LogP contribution in [0, 0.1) is 5.92 Å². The SMILES string of the molecule is CC(C)C[C@H](NC(=O)OCc1cccc2c1Cc1ccccc1-2)C(=O)O.O=C1CCC(=O)N1O. The number of nitrogens with zero attached hydrogens (tertiary/aromatic N) is 1. The van der Waals surface area contributed by atoms with Gasteiger partial charge in [0.15, 0.2) is 0 Å². The number of ether oxygens (including phenoxy) is 1. The number of rotatable bonds is 6. The monoisotopic (exact) mass is 468 g/mol. The van der Waals surface area contributed by atoms with Crippen molar-refractivity contribution in [2.24, 2.45) is 5.92 Å². The lowest BCUT2D eigenvalue weighted by molar-refractivity contribution is -0.171. The van der Waals surface area contributed by atoms with Crippen LogP contribution in [-0.2, 0) is 32.1 Å². The highest BCUT2D eigenvalue weighted by Gasteiger charge is 2.27. The van der Waals surface area contributed by atoms with Crippen molar-refractivity contribution in [1.82, 2.24) is 10.4 Å². The number of hydrogen-bond donors (Lipinski definition) is 3. The Bertz CT molecular complexity index is 1080. The summed E-state index contributed by atoms with van der Waals surface area (Å²) in [5, 5.41) is 20.2. The molecule has 0 bridgehead atoms. The van der Waals surface area contributed by atoms with Gasteiger partial charge in [-0.05, 0) is 46.6 Å². The summed E-state index contributed by atoms with van der Waals surface area (Å²) in [6.07, 6.45) is 0.772. The molecule has 2 aromatic carbocycles.